The predicted molar refractivity (Wildman–Crippen MR) is 77.2 cm³/mol. The molecule has 0 saturated carbocycles. The predicted octanol–water partition coefficient (Wildman–Crippen LogP) is 2.77. The molecule has 0 aliphatic carbocycles. The lowest BCUT2D eigenvalue weighted by atomic mass is 10.3. The summed E-state index contributed by atoms with van der Waals surface area (Å²) in [5, 5.41) is 1.59. The van der Waals surface area contributed by atoms with Gasteiger partial charge in [-0.2, -0.15) is 0 Å². The maximum absolute atomic E-state index is 12.1. The lowest BCUT2D eigenvalue weighted by Gasteiger charge is -2.06. The number of sulfonamides is 1. The van der Waals surface area contributed by atoms with E-state index in [0.29, 0.717) is 12.2 Å². The van der Waals surface area contributed by atoms with E-state index in [9.17, 15) is 8.42 Å². The molecule has 4 nitrogen and oxygen atoms in total. The fourth-order valence-corrected chi connectivity index (χ4v) is 3.82. The van der Waals surface area contributed by atoms with Crippen LogP contribution in [-0.2, 0) is 16.6 Å². The van der Waals surface area contributed by atoms with Gasteiger partial charge in [0.25, 0.3) is 10.0 Å². The molecule has 0 spiro atoms. The van der Waals surface area contributed by atoms with E-state index in [1.807, 2.05) is 0 Å². The van der Waals surface area contributed by atoms with Gasteiger partial charge in [-0.05, 0) is 30.3 Å². The highest BCUT2D eigenvalue weighted by Crippen LogP contribution is 2.22. The van der Waals surface area contributed by atoms with Crippen LogP contribution in [0.25, 0.3) is 0 Å². The van der Waals surface area contributed by atoms with Crippen molar-refractivity contribution in [2.75, 3.05) is 4.72 Å². The molecule has 96 valence electrons. The molecule has 18 heavy (non-hydrogen) atoms. The molecule has 2 rings (SSSR count). The highest BCUT2D eigenvalue weighted by molar-refractivity contribution is 9.10. The first-order valence-corrected chi connectivity index (χ1v) is 8.23. The Kier molecular flexibility index (Phi) is 4.06. The molecule has 0 bridgehead atoms. The van der Waals surface area contributed by atoms with Gasteiger partial charge in [0.2, 0.25) is 0 Å². The van der Waals surface area contributed by atoms with E-state index in [0.717, 1.165) is 9.35 Å². The van der Waals surface area contributed by atoms with Gasteiger partial charge in [0.15, 0.2) is 0 Å². The molecule has 1 aromatic carbocycles. The van der Waals surface area contributed by atoms with Crippen LogP contribution in [0.5, 0.6) is 0 Å². The van der Waals surface area contributed by atoms with Crippen LogP contribution in [0.1, 0.15) is 4.88 Å². The molecule has 0 radical (unpaired) electrons. The third kappa shape index (κ3) is 3.11. The van der Waals surface area contributed by atoms with E-state index in [1.54, 1.807) is 35.7 Å². The summed E-state index contributed by atoms with van der Waals surface area (Å²) in [6.07, 6.45) is 0. The van der Waals surface area contributed by atoms with Crippen molar-refractivity contribution >= 4 is 43.0 Å². The van der Waals surface area contributed by atoms with Crippen molar-refractivity contribution in [2.24, 2.45) is 5.73 Å². The van der Waals surface area contributed by atoms with Crippen LogP contribution in [0.15, 0.2) is 45.1 Å². The number of nitrogens with one attached hydrogen (secondary N) is 1. The molecule has 0 saturated heterocycles. The summed E-state index contributed by atoms with van der Waals surface area (Å²) in [6, 6.07) is 8.52. The van der Waals surface area contributed by atoms with Crippen LogP contribution >= 0.6 is 27.3 Å². The minimum Gasteiger partial charge on any atom is -0.326 e. The number of hydrogen-bond donors (Lipinski definition) is 2. The fraction of sp³-hybridized carbons (Fsp3) is 0.0909. The van der Waals surface area contributed by atoms with Gasteiger partial charge in [0, 0.05) is 27.0 Å². The standard InChI is InChI=1S/C11H11BrN2O2S2/c12-8-1-3-9(4-2-8)14-18(15,16)11-5-10(6-13)17-7-11/h1-5,7,14H,6,13H2. The summed E-state index contributed by atoms with van der Waals surface area (Å²) >= 11 is 4.63. The monoisotopic (exact) mass is 346 g/mol. The smallest absolute Gasteiger partial charge is 0.262 e. The molecule has 0 atom stereocenters. The van der Waals surface area contributed by atoms with Crippen LogP contribution in [0.4, 0.5) is 5.69 Å². The highest BCUT2D eigenvalue weighted by Gasteiger charge is 2.15. The number of benzene rings is 1. The van der Waals surface area contributed by atoms with Crippen LogP contribution in [0.2, 0.25) is 0 Å². The van der Waals surface area contributed by atoms with E-state index in [-0.39, 0.29) is 4.90 Å². The van der Waals surface area contributed by atoms with Gasteiger partial charge in [-0.3, -0.25) is 4.72 Å². The summed E-state index contributed by atoms with van der Waals surface area (Å²) in [5.41, 5.74) is 5.99. The maximum Gasteiger partial charge on any atom is 0.262 e. The largest absolute Gasteiger partial charge is 0.326 e. The lowest BCUT2D eigenvalue weighted by Crippen LogP contribution is -2.12. The third-order valence-electron chi connectivity index (χ3n) is 2.24. The van der Waals surface area contributed by atoms with Crippen molar-refractivity contribution in [1.82, 2.24) is 0 Å². The van der Waals surface area contributed by atoms with Crippen molar-refractivity contribution in [2.45, 2.75) is 11.4 Å². The zero-order valence-corrected chi connectivity index (χ0v) is 12.5. The molecule has 1 heterocycles. The number of halogens is 1. The zero-order valence-electron chi connectivity index (χ0n) is 9.26. The summed E-state index contributed by atoms with van der Waals surface area (Å²) in [5.74, 6) is 0. The van der Waals surface area contributed by atoms with Crippen LogP contribution in [-0.4, -0.2) is 8.42 Å². The zero-order chi connectivity index (χ0) is 13.2. The number of nitrogens with two attached hydrogens (primary N) is 1. The quantitative estimate of drug-likeness (QED) is 0.893. The second-order valence-corrected chi connectivity index (χ2v) is 7.16. The van der Waals surface area contributed by atoms with E-state index in [4.69, 9.17) is 5.73 Å². The van der Waals surface area contributed by atoms with Crippen LogP contribution < -0.4 is 10.5 Å². The first-order chi connectivity index (χ1) is 8.51. The van der Waals surface area contributed by atoms with Crippen LogP contribution in [0.3, 0.4) is 0 Å². The average Bonchev–Trinajstić information content (AvgIpc) is 2.81. The number of thiophene rings is 1. The third-order valence-corrected chi connectivity index (χ3v) is 5.24. The summed E-state index contributed by atoms with van der Waals surface area (Å²) in [6.45, 7) is 0.346. The molecular weight excluding hydrogens is 336 g/mol. The first kappa shape index (κ1) is 13.5. The number of hydrogen-bond acceptors (Lipinski definition) is 4. The fourth-order valence-electron chi connectivity index (χ4n) is 1.34. The van der Waals surface area contributed by atoms with E-state index < -0.39 is 10.0 Å². The van der Waals surface area contributed by atoms with Gasteiger partial charge in [-0.1, -0.05) is 15.9 Å². The average molecular weight is 347 g/mol. The van der Waals surface area contributed by atoms with E-state index >= 15 is 0 Å². The Morgan fingerprint density at radius 3 is 2.50 bits per heavy atom. The Labute approximate surface area is 118 Å². The summed E-state index contributed by atoms with van der Waals surface area (Å²) in [7, 11) is -3.53. The van der Waals surface area contributed by atoms with Crippen molar-refractivity contribution < 1.29 is 8.42 Å². The Morgan fingerprint density at radius 2 is 1.94 bits per heavy atom. The van der Waals surface area contributed by atoms with Crippen molar-refractivity contribution in [1.29, 1.82) is 0 Å². The molecule has 0 fully saturated rings. The molecule has 0 aliphatic heterocycles. The van der Waals surface area contributed by atoms with Crippen molar-refractivity contribution in [3.05, 3.63) is 45.1 Å². The Hall–Kier alpha value is -0.890. The van der Waals surface area contributed by atoms with Gasteiger partial charge in [0.1, 0.15) is 0 Å². The maximum atomic E-state index is 12.1. The topological polar surface area (TPSA) is 72.2 Å². The molecular formula is C11H11BrN2O2S2. The highest BCUT2D eigenvalue weighted by atomic mass is 79.9. The van der Waals surface area contributed by atoms with Gasteiger partial charge in [-0.15, -0.1) is 11.3 Å². The number of anilines is 1. The van der Waals surface area contributed by atoms with E-state index in [1.165, 1.54) is 11.3 Å². The summed E-state index contributed by atoms with van der Waals surface area (Å²) in [4.78, 5) is 1.09. The Balaban J connectivity index is 2.24. The Bertz CT molecular complexity index is 635. The van der Waals surface area contributed by atoms with Gasteiger partial charge in [-0.25, -0.2) is 8.42 Å². The van der Waals surface area contributed by atoms with Crippen molar-refractivity contribution in [3.8, 4) is 0 Å². The minimum atomic E-state index is -3.53. The minimum absolute atomic E-state index is 0.246. The molecule has 1 aromatic heterocycles. The van der Waals surface area contributed by atoms with Gasteiger partial charge < -0.3 is 5.73 Å². The normalized spacial score (nSPS) is 11.4. The summed E-state index contributed by atoms with van der Waals surface area (Å²) < 4.78 is 27.5. The SMILES string of the molecule is NCc1cc(S(=O)(=O)Nc2ccc(Br)cc2)cs1. The van der Waals surface area contributed by atoms with Gasteiger partial charge >= 0.3 is 0 Å². The second-order valence-electron chi connectivity index (χ2n) is 3.57. The molecule has 0 aliphatic rings. The molecule has 0 unspecified atom stereocenters. The van der Waals surface area contributed by atoms with E-state index in [2.05, 4.69) is 20.7 Å². The Morgan fingerprint density at radius 1 is 1.28 bits per heavy atom. The first-order valence-electron chi connectivity index (χ1n) is 5.07. The molecule has 0 amide bonds. The van der Waals surface area contributed by atoms with Crippen LogP contribution in [0, 0.1) is 0 Å². The second kappa shape index (κ2) is 5.40. The lowest BCUT2D eigenvalue weighted by molar-refractivity contribution is 0.601. The molecule has 2 aromatic rings. The van der Waals surface area contributed by atoms with Gasteiger partial charge in [0.05, 0.1) is 4.90 Å². The van der Waals surface area contributed by atoms with Crippen molar-refractivity contribution in [3.63, 3.8) is 0 Å². The molecule has 3 N–H and O–H groups in total. The molecule has 7 heteroatoms. The number of rotatable bonds is 4.